The number of urea groups is 1. The minimum Gasteiger partial charge on any atom is -0.352 e. The van der Waals surface area contributed by atoms with Crippen molar-refractivity contribution in [3.05, 3.63) is 101 Å². The second kappa shape index (κ2) is 10.8. The monoisotopic (exact) mass is 447 g/mol. The molecule has 2 N–H and O–H groups in total. The van der Waals surface area contributed by atoms with Gasteiger partial charge >= 0.3 is 6.03 Å². The average molecular weight is 448 g/mol. The summed E-state index contributed by atoms with van der Waals surface area (Å²) in [4.78, 5) is 27.2. The first-order valence-electron chi connectivity index (χ1n) is 10.9. The number of hydrogen-bond acceptors (Lipinski definition) is 2. The van der Waals surface area contributed by atoms with Gasteiger partial charge in [-0.05, 0) is 61.7 Å². The van der Waals surface area contributed by atoms with Crippen LogP contribution in [-0.2, 0) is 24.3 Å². The number of nitrogens with zero attached hydrogens (tertiary/aromatic N) is 1. The molecule has 33 heavy (non-hydrogen) atoms. The third kappa shape index (κ3) is 7.75. The van der Waals surface area contributed by atoms with E-state index >= 15 is 0 Å². The first-order valence-corrected chi connectivity index (χ1v) is 10.9. The van der Waals surface area contributed by atoms with Crippen LogP contribution in [0, 0.1) is 5.82 Å². The highest BCUT2D eigenvalue weighted by atomic mass is 19.1. The lowest BCUT2D eigenvalue weighted by Crippen LogP contribution is -2.48. The van der Waals surface area contributed by atoms with E-state index in [-0.39, 0.29) is 29.7 Å². The Balaban J connectivity index is 1.72. The Morgan fingerprint density at radius 1 is 0.848 bits per heavy atom. The van der Waals surface area contributed by atoms with Gasteiger partial charge in [-0.25, -0.2) is 9.18 Å². The highest BCUT2D eigenvalue weighted by molar-refractivity contribution is 5.92. The number of amides is 3. The molecule has 6 heteroatoms. The quantitative estimate of drug-likeness (QED) is 0.523. The second-order valence-corrected chi connectivity index (χ2v) is 9.00. The van der Waals surface area contributed by atoms with Gasteiger partial charge in [-0.2, -0.15) is 0 Å². The molecule has 0 saturated carbocycles. The number of halogens is 1. The van der Waals surface area contributed by atoms with Crippen LogP contribution in [0.3, 0.4) is 0 Å². The lowest BCUT2D eigenvalue weighted by atomic mass is 10.1. The van der Waals surface area contributed by atoms with Gasteiger partial charge < -0.3 is 10.6 Å². The van der Waals surface area contributed by atoms with Crippen LogP contribution < -0.4 is 15.5 Å². The van der Waals surface area contributed by atoms with Crippen LogP contribution in [-0.4, -0.2) is 17.5 Å². The zero-order valence-electron chi connectivity index (χ0n) is 19.3. The zero-order chi connectivity index (χ0) is 23.8. The van der Waals surface area contributed by atoms with Gasteiger partial charge in [0.2, 0.25) is 5.91 Å². The first-order chi connectivity index (χ1) is 15.7. The van der Waals surface area contributed by atoms with Crippen molar-refractivity contribution < 1.29 is 14.0 Å². The SMILES string of the molecule is CC(C)(C)NC(=O)N(Cc1ccccc1)c1cccc(CC(=O)NCc2ccc(F)cc2)c1. The predicted octanol–water partition coefficient (Wildman–Crippen LogP) is 5.20. The normalized spacial score (nSPS) is 11.0. The smallest absolute Gasteiger partial charge is 0.322 e. The van der Waals surface area contributed by atoms with Crippen molar-refractivity contribution >= 4 is 17.6 Å². The summed E-state index contributed by atoms with van der Waals surface area (Å²) in [6.07, 6.45) is 0.176. The van der Waals surface area contributed by atoms with E-state index in [1.54, 1.807) is 17.0 Å². The third-order valence-corrected chi connectivity index (χ3v) is 4.90. The Hall–Kier alpha value is -3.67. The van der Waals surface area contributed by atoms with Gasteiger partial charge in [0.1, 0.15) is 5.82 Å². The lowest BCUT2D eigenvalue weighted by Gasteiger charge is -2.29. The molecule has 172 valence electrons. The molecule has 0 aliphatic heterocycles. The molecule has 0 aromatic heterocycles. The van der Waals surface area contributed by atoms with Crippen LogP contribution in [0.2, 0.25) is 0 Å². The number of carbonyl (C=O) groups excluding carboxylic acids is 2. The number of hydrogen-bond donors (Lipinski definition) is 2. The summed E-state index contributed by atoms with van der Waals surface area (Å²) in [5.74, 6) is -0.456. The van der Waals surface area contributed by atoms with Crippen LogP contribution in [0.25, 0.3) is 0 Å². The maximum Gasteiger partial charge on any atom is 0.322 e. The Kier molecular flexibility index (Phi) is 7.83. The fourth-order valence-corrected chi connectivity index (χ4v) is 3.32. The fraction of sp³-hybridized carbons (Fsp3) is 0.259. The van der Waals surface area contributed by atoms with Crippen LogP contribution in [0.15, 0.2) is 78.9 Å². The number of benzene rings is 3. The van der Waals surface area contributed by atoms with Gasteiger partial charge in [-0.3, -0.25) is 9.69 Å². The number of anilines is 1. The summed E-state index contributed by atoms with van der Waals surface area (Å²) < 4.78 is 13.0. The van der Waals surface area contributed by atoms with Crippen LogP contribution in [0.5, 0.6) is 0 Å². The van der Waals surface area contributed by atoms with E-state index in [9.17, 15) is 14.0 Å². The molecule has 3 amide bonds. The van der Waals surface area contributed by atoms with Gasteiger partial charge in [0.25, 0.3) is 0 Å². The summed E-state index contributed by atoms with van der Waals surface area (Å²) in [7, 11) is 0. The maximum absolute atomic E-state index is 13.1. The van der Waals surface area contributed by atoms with Gasteiger partial charge in [-0.15, -0.1) is 0 Å². The Morgan fingerprint density at radius 2 is 1.52 bits per heavy atom. The molecule has 0 atom stereocenters. The molecular formula is C27H30FN3O2. The topological polar surface area (TPSA) is 61.4 Å². The minimum absolute atomic E-state index is 0.148. The van der Waals surface area contributed by atoms with Crippen LogP contribution in [0.4, 0.5) is 14.9 Å². The van der Waals surface area contributed by atoms with E-state index in [1.165, 1.54) is 12.1 Å². The molecule has 0 heterocycles. The molecule has 3 rings (SSSR count). The molecule has 3 aromatic carbocycles. The zero-order valence-corrected chi connectivity index (χ0v) is 19.3. The number of carbonyl (C=O) groups is 2. The molecule has 0 saturated heterocycles. The van der Waals surface area contributed by atoms with Crippen molar-refractivity contribution in [2.45, 2.75) is 45.8 Å². The molecular weight excluding hydrogens is 417 g/mol. The van der Waals surface area contributed by atoms with Gasteiger partial charge in [0.05, 0.1) is 13.0 Å². The van der Waals surface area contributed by atoms with Crippen molar-refractivity contribution in [1.29, 1.82) is 0 Å². The van der Waals surface area contributed by atoms with E-state index in [2.05, 4.69) is 10.6 Å². The molecule has 0 spiro atoms. The number of rotatable bonds is 7. The molecule has 3 aromatic rings. The largest absolute Gasteiger partial charge is 0.352 e. The highest BCUT2D eigenvalue weighted by Crippen LogP contribution is 2.21. The van der Waals surface area contributed by atoms with E-state index in [1.807, 2.05) is 75.4 Å². The predicted molar refractivity (Wildman–Crippen MR) is 129 cm³/mol. The molecule has 0 radical (unpaired) electrons. The van der Waals surface area contributed by atoms with Crippen molar-refractivity contribution in [3.8, 4) is 0 Å². The van der Waals surface area contributed by atoms with E-state index < -0.39 is 0 Å². The highest BCUT2D eigenvalue weighted by Gasteiger charge is 2.21. The van der Waals surface area contributed by atoms with Crippen molar-refractivity contribution in [3.63, 3.8) is 0 Å². The molecule has 0 aliphatic carbocycles. The van der Waals surface area contributed by atoms with Gasteiger partial charge in [0, 0.05) is 17.8 Å². The lowest BCUT2D eigenvalue weighted by molar-refractivity contribution is -0.120. The Labute approximate surface area is 194 Å². The van der Waals surface area contributed by atoms with E-state index in [0.717, 1.165) is 16.7 Å². The van der Waals surface area contributed by atoms with Crippen molar-refractivity contribution in [2.24, 2.45) is 0 Å². The van der Waals surface area contributed by atoms with E-state index in [4.69, 9.17) is 0 Å². The summed E-state index contributed by atoms with van der Waals surface area (Å²) in [6, 6.07) is 23.0. The summed E-state index contributed by atoms with van der Waals surface area (Å²) in [5.41, 5.74) is 2.95. The third-order valence-electron chi connectivity index (χ3n) is 4.90. The molecule has 0 aliphatic rings. The van der Waals surface area contributed by atoms with Crippen molar-refractivity contribution in [2.75, 3.05) is 4.90 Å². The summed E-state index contributed by atoms with van der Waals surface area (Å²) in [5, 5.41) is 5.88. The number of nitrogens with one attached hydrogen (secondary N) is 2. The maximum atomic E-state index is 13.1. The minimum atomic E-state index is -0.385. The van der Waals surface area contributed by atoms with E-state index in [0.29, 0.717) is 18.8 Å². The standard InChI is InChI=1S/C27H30FN3O2/c1-27(2,3)30-26(33)31(19-21-8-5-4-6-9-21)24-11-7-10-22(16-24)17-25(32)29-18-20-12-14-23(28)15-13-20/h4-16H,17-19H2,1-3H3,(H,29,32)(H,30,33). The molecule has 5 nitrogen and oxygen atoms in total. The summed E-state index contributed by atoms with van der Waals surface area (Å²) in [6.45, 7) is 6.55. The van der Waals surface area contributed by atoms with Gasteiger partial charge in [-0.1, -0.05) is 54.6 Å². The summed E-state index contributed by atoms with van der Waals surface area (Å²) >= 11 is 0. The van der Waals surface area contributed by atoms with Crippen LogP contribution in [0.1, 0.15) is 37.5 Å². The Morgan fingerprint density at radius 3 is 2.18 bits per heavy atom. The molecule has 0 fully saturated rings. The van der Waals surface area contributed by atoms with Crippen LogP contribution >= 0.6 is 0 Å². The fourth-order valence-electron chi connectivity index (χ4n) is 3.32. The van der Waals surface area contributed by atoms with Gasteiger partial charge in [0.15, 0.2) is 0 Å². The first kappa shape index (κ1) is 24.0. The Bertz CT molecular complexity index is 1080. The molecule has 0 unspecified atom stereocenters. The molecule has 0 bridgehead atoms. The second-order valence-electron chi connectivity index (χ2n) is 9.00. The average Bonchev–Trinajstić information content (AvgIpc) is 2.77. The van der Waals surface area contributed by atoms with Crippen molar-refractivity contribution in [1.82, 2.24) is 10.6 Å².